The number of non-ortho nitro benzene ring substituents is 1. The third-order valence-corrected chi connectivity index (χ3v) is 4.72. The van der Waals surface area contributed by atoms with Crippen molar-refractivity contribution >= 4 is 23.5 Å². The molecule has 5 N–H and O–H groups in total. The second kappa shape index (κ2) is 11.7. The third kappa shape index (κ3) is 7.86. The summed E-state index contributed by atoms with van der Waals surface area (Å²) in [4.78, 5) is 45.5. The molecule has 10 nitrogen and oxygen atoms in total. The molecule has 1 unspecified atom stereocenters. The Morgan fingerprint density at radius 1 is 1.21 bits per heavy atom. The lowest BCUT2D eigenvalue weighted by Gasteiger charge is -2.18. The topological polar surface area (TPSA) is 165 Å². The number of carbonyl (C=O) groups is 3. The van der Waals surface area contributed by atoms with Crippen molar-refractivity contribution in [2.24, 2.45) is 11.7 Å². The van der Waals surface area contributed by atoms with Crippen molar-refractivity contribution in [2.75, 3.05) is 6.54 Å². The van der Waals surface area contributed by atoms with Gasteiger partial charge in [-0.1, -0.05) is 20.3 Å². The van der Waals surface area contributed by atoms with E-state index in [-0.39, 0.29) is 29.5 Å². The second-order valence-electron chi connectivity index (χ2n) is 6.87. The van der Waals surface area contributed by atoms with E-state index < -0.39 is 28.9 Å². The maximum atomic E-state index is 12.2. The fourth-order valence-corrected chi connectivity index (χ4v) is 2.55. The number of unbranched alkanes of at least 4 members (excludes halogenated alkanes) is 1. The number of rotatable bonds is 12. The van der Waals surface area contributed by atoms with Crippen LogP contribution in [0.15, 0.2) is 24.3 Å². The number of hydrogen-bond donors (Lipinski definition) is 4. The molecule has 1 aromatic rings. The van der Waals surface area contributed by atoms with Crippen LogP contribution in [0.3, 0.4) is 0 Å². The largest absolute Gasteiger partial charge is 0.480 e. The first-order valence-corrected chi connectivity index (χ1v) is 9.48. The summed E-state index contributed by atoms with van der Waals surface area (Å²) in [6, 6.07) is 3.21. The zero-order chi connectivity index (χ0) is 22.0. The fraction of sp³-hybridized carbons (Fsp3) is 0.526. The predicted octanol–water partition coefficient (Wildman–Crippen LogP) is 1.44. The van der Waals surface area contributed by atoms with Gasteiger partial charge >= 0.3 is 5.97 Å². The molecule has 0 bridgehead atoms. The van der Waals surface area contributed by atoms with Crippen molar-refractivity contribution in [3.63, 3.8) is 0 Å². The summed E-state index contributed by atoms with van der Waals surface area (Å²) in [5.41, 5.74) is 5.81. The molecule has 0 radical (unpaired) electrons. The van der Waals surface area contributed by atoms with Crippen LogP contribution in [-0.2, 0) is 9.59 Å². The maximum Gasteiger partial charge on any atom is 0.326 e. The summed E-state index contributed by atoms with van der Waals surface area (Å²) < 4.78 is 0. The number of nitro benzene ring substituents is 1. The van der Waals surface area contributed by atoms with Crippen LogP contribution in [0.25, 0.3) is 0 Å². The van der Waals surface area contributed by atoms with Crippen LogP contribution in [0.1, 0.15) is 49.9 Å². The summed E-state index contributed by atoms with van der Waals surface area (Å²) in [6.45, 7) is 4.22. The molecular formula is C19H28N4O6. The number of nitrogens with one attached hydrogen (secondary N) is 2. The standard InChI is InChI=1S/C19H28N4O6/c1-3-12(2)16(20)18(25)21-11-5-4-6-15(19(26)27)22-17(24)13-7-9-14(10-8-13)23(28)29/h7-10,12,15-16H,3-6,11,20H2,1-2H3,(H,21,25)(H,22,24)(H,26,27)/t12?,15-,16-/m0/s1. The normalized spacial score (nSPS) is 13.8. The smallest absolute Gasteiger partial charge is 0.326 e. The first-order valence-electron chi connectivity index (χ1n) is 9.48. The molecule has 10 heteroatoms. The maximum absolute atomic E-state index is 12.2. The number of aliphatic carboxylic acids is 1. The molecule has 160 valence electrons. The van der Waals surface area contributed by atoms with Gasteiger partial charge in [-0.2, -0.15) is 0 Å². The Labute approximate surface area is 169 Å². The van der Waals surface area contributed by atoms with Crippen LogP contribution in [0, 0.1) is 16.0 Å². The Morgan fingerprint density at radius 3 is 2.34 bits per heavy atom. The lowest BCUT2D eigenvalue weighted by atomic mass is 9.99. The van der Waals surface area contributed by atoms with Crippen LogP contribution < -0.4 is 16.4 Å². The molecule has 0 aromatic heterocycles. The summed E-state index contributed by atoms with van der Waals surface area (Å²) >= 11 is 0. The minimum Gasteiger partial charge on any atom is -0.480 e. The number of benzene rings is 1. The Kier molecular flexibility index (Phi) is 9.73. The van der Waals surface area contributed by atoms with Gasteiger partial charge in [0, 0.05) is 24.2 Å². The Balaban J connectivity index is 2.45. The molecule has 0 heterocycles. The van der Waals surface area contributed by atoms with E-state index in [1.54, 1.807) is 0 Å². The number of carboxylic acid groups (broad SMARTS) is 1. The molecule has 0 aliphatic carbocycles. The highest BCUT2D eigenvalue weighted by molar-refractivity contribution is 5.96. The molecule has 2 amide bonds. The van der Waals surface area contributed by atoms with Crippen LogP contribution in [0.5, 0.6) is 0 Å². The molecule has 3 atom stereocenters. The fourth-order valence-electron chi connectivity index (χ4n) is 2.55. The van der Waals surface area contributed by atoms with E-state index in [0.717, 1.165) is 6.42 Å². The molecular weight excluding hydrogens is 380 g/mol. The highest BCUT2D eigenvalue weighted by Crippen LogP contribution is 2.12. The number of amides is 2. The van der Waals surface area contributed by atoms with Gasteiger partial charge in [-0.05, 0) is 37.3 Å². The first-order chi connectivity index (χ1) is 13.7. The van der Waals surface area contributed by atoms with Gasteiger partial charge in [0.2, 0.25) is 5.91 Å². The van der Waals surface area contributed by atoms with E-state index in [0.29, 0.717) is 19.4 Å². The van der Waals surface area contributed by atoms with E-state index in [9.17, 15) is 29.6 Å². The van der Waals surface area contributed by atoms with Gasteiger partial charge in [-0.25, -0.2) is 4.79 Å². The first kappa shape index (κ1) is 24.0. The van der Waals surface area contributed by atoms with Gasteiger partial charge in [0.15, 0.2) is 0 Å². The van der Waals surface area contributed by atoms with Crippen LogP contribution in [0.4, 0.5) is 5.69 Å². The molecule has 1 rings (SSSR count). The van der Waals surface area contributed by atoms with Crippen molar-refractivity contribution in [3.05, 3.63) is 39.9 Å². The summed E-state index contributed by atoms with van der Waals surface area (Å²) in [5.74, 6) is -1.97. The van der Waals surface area contributed by atoms with Crippen LogP contribution in [-0.4, -0.2) is 46.4 Å². The van der Waals surface area contributed by atoms with Gasteiger partial charge in [-0.3, -0.25) is 19.7 Å². The van der Waals surface area contributed by atoms with Gasteiger partial charge < -0.3 is 21.5 Å². The average molecular weight is 408 g/mol. The Bertz CT molecular complexity index is 722. The molecule has 0 spiro atoms. The molecule has 0 aliphatic rings. The van der Waals surface area contributed by atoms with E-state index in [2.05, 4.69) is 10.6 Å². The third-order valence-electron chi connectivity index (χ3n) is 4.72. The second-order valence-corrected chi connectivity index (χ2v) is 6.87. The minimum absolute atomic E-state index is 0.0704. The monoisotopic (exact) mass is 408 g/mol. The van der Waals surface area contributed by atoms with Crippen LogP contribution in [0.2, 0.25) is 0 Å². The lowest BCUT2D eigenvalue weighted by Crippen LogP contribution is -2.45. The van der Waals surface area contributed by atoms with E-state index in [4.69, 9.17) is 5.73 Å². The number of hydrogen-bond acceptors (Lipinski definition) is 6. The minimum atomic E-state index is -1.18. The zero-order valence-electron chi connectivity index (χ0n) is 16.6. The summed E-state index contributed by atoms with van der Waals surface area (Å²) in [7, 11) is 0. The zero-order valence-corrected chi connectivity index (χ0v) is 16.6. The van der Waals surface area contributed by atoms with Crippen molar-refractivity contribution in [1.29, 1.82) is 0 Å². The Hall–Kier alpha value is -3.01. The van der Waals surface area contributed by atoms with E-state index in [1.807, 2.05) is 13.8 Å². The van der Waals surface area contributed by atoms with Gasteiger partial charge in [-0.15, -0.1) is 0 Å². The van der Waals surface area contributed by atoms with Crippen molar-refractivity contribution in [1.82, 2.24) is 10.6 Å². The van der Waals surface area contributed by atoms with E-state index >= 15 is 0 Å². The number of carbonyl (C=O) groups excluding carboxylic acids is 2. The van der Waals surface area contributed by atoms with Gasteiger partial charge in [0.1, 0.15) is 6.04 Å². The van der Waals surface area contributed by atoms with Gasteiger partial charge in [0.05, 0.1) is 11.0 Å². The highest BCUT2D eigenvalue weighted by atomic mass is 16.6. The number of nitro groups is 1. The molecule has 0 fully saturated rings. The molecule has 0 saturated heterocycles. The van der Waals surface area contributed by atoms with Crippen molar-refractivity contribution in [3.8, 4) is 0 Å². The lowest BCUT2D eigenvalue weighted by molar-refractivity contribution is -0.384. The number of nitrogens with two attached hydrogens (primary N) is 1. The Morgan fingerprint density at radius 2 is 1.83 bits per heavy atom. The average Bonchev–Trinajstić information content (AvgIpc) is 2.70. The highest BCUT2D eigenvalue weighted by Gasteiger charge is 2.21. The van der Waals surface area contributed by atoms with Gasteiger partial charge in [0.25, 0.3) is 11.6 Å². The molecule has 29 heavy (non-hydrogen) atoms. The SMILES string of the molecule is CCC(C)[C@H](N)C(=O)NCCCC[C@H](NC(=O)c1ccc([N+](=O)[O-])cc1)C(=O)O. The molecule has 0 saturated carbocycles. The quantitative estimate of drug-likeness (QED) is 0.231. The number of carboxylic acids is 1. The molecule has 1 aromatic carbocycles. The van der Waals surface area contributed by atoms with Crippen LogP contribution >= 0.6 is 0 Å². The summed E-state index contributed by atoms with van der Waals surface area (Å²) in [5, 5.41) is 25.1. The van der Waals surface area contributed by atoms with E-state index in [1.165, 1.54) is 24.3 Å². The molecule has 0 aliphatic heterocycles. The van der Waals surface area contributed by atoms with Crippen molar-refractivity contribution in [2.45, 2.75) is 51.6 Å². The van der Waals surface area contributed by atoms with Crippen molar-refractivity contribution < 1.29 is 24.4 Å². The predicted molar refractivity (Wildman–Crippen MR) is 106 cm³/mol. The number of nitrogens with zero attached hydrogens (tertiary/aromatic N) is 1. The summed E-state index contributed by atoms with van der Waals surface area (Å²) in [6.07, 6.45) is 1.98.